The minimum Gasteiger partial charge on any atom is -0.481 e. The fraction of sp³-hybridized carbons (Fsp3) is 0.304. The van der Waals surface area contributed by atoms with Crippen LogP contribution in [0.5, 0.6) is 0 Å². The van der Waals surface area contributed by atoms with E-state index in [0.717, 1.165) is 38.3 Å². The van der Waals surface area contributed by atoms with Crippen molar-refractivity contribution >= 4 is 32.0 Å². The predicted molar refractivity (Wildman–Crippen MR) is 224 cm³/mol. The zero-order chi connectivity index (χ0) is 40.0. The summed E-state index contributed by atoms with van der Waals surface area (Å²) in [5.74, 6) is 1.72. The van der Waals surface area contributed by atoms with Crippen molar-refractivity contribution in [3.05, 3.63) is 138 Å². The van der Waals surface area contributed by atoms with Crippen molar-refractivity contribution < 1.29 is 27.8 Å². The highest BCUT2D eigenvalue weighted by molar-refractivity contribution is 7.64. The molecule has 0 bridgehead atoms. The summed E-state index contributed by atoms with van der Waals surface area (Å²) in [5, 5.41) is 11.7. The van der Waals surface area contributed by atoms with E-state index in [4.69, 9.17) is 13.9 Å². The van der Waals surface area contributed by atoms with E-state index in [1.807, 2.05) is 105 Å². The van der Waals surface area contributed by atoms with Gasteiger partial charge >= 0.3 is 5.97 Å². The van der Waals surface area contributed by atoms with E-state index in [2.05, 4.69) is 46.2 Å². The Labute approximate surface area is 326 Å². The second kappa shape index (κ2) is 17.4. The molecule has 0 aliphatic carbocycles. The van der Waals surface area contributed by atoms with Gasteiger partial charge in [0, 0.05) is 18.2 Å². The highest BCUT2D eigenvalue weighted by atomic mass is 31.2. The SMILES string of the molecule is COP(=O)(C#Cc1c(C(C)C)nc(-c2ccccc2)c(C(C)C)c1-c1ccc(F)cc1)C[C@H](CC(=O)O)O[Si](c1ccccc1)(c1ccccc1)C(C)(C)C. The number of halogens is 1. The highest BCUT2D eigenvalue weighted by Crippen LogP contribution is 2.49. The van der Waals surface area contributed by atoms with Crippen molar-refractivity contribution in [2.24, 2.45) is 0 Å². The van der Waals surface area contributed by atoms with E-state index in [1.165, 1.54) is 19.2 Å². The topological polar surface area (TPSA) is 85.7 Å². The first-order valence-electron chi connectivity index (χ1n) is 18.7. The number of benzene rings is 4. The molecule has 5 rings (SSSR count). The van der Waals surface area contributed by atoms with Crippen LogP contribution in [0.3, 0.4) is 0 Å². The molecule has 1 aromatic heterocycles. The van der Waals surface area contributed by atoms with Crippen molar-refractivity contribution in [2.45, 2.75) is 77.9 Å². The fourth-order valence-electron chi connectivity index (χ4n) is 7.31. The third kappa shape index (κ3) is 9.26. The number of hydrogen-bond acceptors (Lipinski definition) is 5. The van der Waals surface area contributed by atoms with Gasteiger partial charge in [-0.25, -0.2) is 4.39 Å². The van der Waals surface area contributed by atoms with Crippen molar-refractivity contribution in [1.82, 2.24) is 4.98 Å². The van der Waals surface area contributed by atoms with Crippen LogP contribution in [0, 0.1) is 17.4 Å². The van der Waals surface area contributed by atoms with Crippen LogP contribution >= 0.6 is 7.37 Å². The van der Waals surface area contributed by atoms with Crippen LogP contribution in [0.15, 0.2) is 115 Å². The lowest BCUT2D eigenvalue weighted by Crippen LogP contribution is -2.68. The Hall–Kier alpha value is -4.64. The molecule has 0 radical (unpaired) electrons. The zero-order valence-corrected chi connectivity index (χ0v) is 34.9. The summed E-state index contributed by atoms with van der Waals surface area (Å²) in [6, 6.07) is 36.1. The molecule has 9 heteroatoms. The normalized spacial score (nSPS) is 13.6. The van der Waals surface area contributed by atoms with Crippen molar-refractivity contribution in [3.8, 4) is 34.0 Å². The van der Waals surface area contributed by atoms with Gasteiger partial charge in [0.15, 0.2) is 0 Å². The van der Waals surface area contributed by atoms with Gasteiger partial charge in [0.25, 0.3) is 15.7 Å². The molecule has 1 N–H and O–H groups in total. The molecule has 6 nitrogen and oxygen atoms in total. The van der Waals surface area contributed by atoms with Crippen LogP contribution in [0.1, 0.15) is 83.5 Å². The van der Waals surface area contributed by atoms with E-state index < -0.39 is 39.2 Å². The van der Waals surface area contributed by atoms with E-state index in [0.29, 0.717) is 11.3 Å². The van der Waals surface area contributed by atoms with Gasteiger partial charge in [-0.1, -0.05) is 158 Å². The van der Waals surface area contributed by atoms with Crippen LogP contribution in [0.4, 0.5) is 4.39 Å². The maximum atomic E-state index is 14.9. The molecular weight excluding hydrogens is 725 g/mol. The van der Waals surface area contributed by atoms with Crippen molar-refractivity contribution in [1.29, 1.82) is 0 Å². The molecule has 286 valence electrons. The van der Waals surface area contributed by atoms with Crippen LogP contribution in [0.2, 0.25) is 5.04 Å². The van der Waals surface area contributed by atoms with Crippen molar-refractivity contribution in [2.75, 3.05) is 13.3 Å². The summed E-state index contributed by atoms with van der Waals surface area (Å²) in [7, 11) is -5.80. The Balaban J connectivity index is 1.72. The summed E-state index contributed by atoms with van der Waals surface area (Å²) in [4.78, 5) is 17.7. The van der Waals surface area contributed by atoms with Gasteiger partial charge < -0.3 is 14.1 Å². The minimum atomic E-state index is -3.89. The Morgan fingerprint density at radius 3 is 1.80 bits per heavy atom. The summed E-state index contributed by atoms with van der Waals surface area (Å²) < 4.78 is 42.2. The van der Waals surface area contributed by atoms with Gasteiger partial charge in [-0.2, -0.15) is 0 Å². The van der Waals surface area contributed by atoms with Crippen LogP contribution in [-0.4, -0.2) is 43.8 Å². The summed E-state index contributed by atoms with van der Waals surface area (Å²) >= 11 is 0. The Kier molecular flexibility index (Phi) is 13.2. The number of carbonyl (C=O) groups is 1. The molecule has 0 amide bonds. The summed E-state index contributed by atoms with van der Waals surface area (Å²) in [5.41, 5.74) is 8.51. The highest BCUT2D eigenvalue weighted by Gasteiger charge is 2.52. The fourth-order valence-corrected chi connectivity index (χ4v) is 13.5. The van der Waals surface area contributed by atoms with E-state index >= 15 is 0 Å². The molecular formula is C46H51FNO5PSi. The lowest BCUT2D eigenvalue weighted by molar-refractivity contribution is -0.138. The number of hydrogen-bond donors (Lipinski definition) is 1. The average molecular weight is 776 g/mol. The quantitative estimate of drug-likeness (QED) is 0.0728. The van der Waals surface area contributed by atoms with E-state index in [-0.39, 0.29) is 23.8 Å². The molecule has 0 saturated carbocycles. The smallest absolute Gasteiger partial charge is 0.305 e. The zero-order valence-electron chi connectivity index (χ0n) is 33.0. The Bertz CT molecular complexity index is 2150. The number of rotatable bonds is 13. The van der Waals surface area contributed by atoms with Gasteiger partial charge in [-0.15, -0.1) is 0 Å². The number of carboxylic acids is 1. The maximum Gasteiger partial charge on any atom is 0.305 e. The molecule has 55 heavy (non-hydrogen) atoms. The lowest BCUT2D eigenvalue weighted by Gasteiger charge is -2.45. The molecule has 5 aromatic rings. The third-order valence-electron chi connectivity index (χ3n) is 9.82. The van der Waals surface area contributed by atoms with E-state index in [1.54, 1.807) is 12.1 Å². The van der Waals surface area contributed by atoms with E-state index in [9.17, 15) is 18.9 Å². The molecule has 0 fully saturated rings. The standard InChI is InChI=1S/C46H51FNO5PSi/c1-32(2)42-43(34-24-26-36(47)27-25-34)40(44(33(3)4)48-45(42)35-18-12-9-13-19-35)28-29-54(51,52-8)31-37(30-41(49)50)53-55(46(5,6)7,38-20-14-10-15-21-38)39-22-16-11-17-23-39/h9-27,32-33,37H,30-31H2,1-8H3,(H,49,50)/t37-,54?/m0/s1. The third-order valence-corrected chi connectivity index (χ3v) is 16.8. The van der Waals surface area contributed by atoms with Gasteiger partial charge in [0.05, 0.1) is 35.6 Å². The lowest BCUT2D eigenvalue weighted by atomic mass is 9.84. The molecule has 2 atom stereocenters. The van der Waals surface area contributed by atoms with Crippen molar-refractivity contribution in [3.63, 3.8) is 0 Å². The first-order chi connectivity index (χ1) is 26.1. The van der Waals surface area contributed by atoms with Crippen LogP contribution < -0.4 is 10.4 Å². The Morgan fingerprint density at radius 1 is 0.818 bits per heavy atom. The minimum absolute atomic E-state index is 0.0152. The van der Waals surface area contributed by atoms with Gasteiger partial charge in [-0.3, -0.25) is 14.3 Å². The first-order valence-corrected chi connectivity index (χ1v) is 22.4. The van der Waals surface area contributed by atoms with Gasteiger partial charge in [-0.05, 0) is 56.2 Å². The number of aliphatic carboxylic acids is 1. The number of carboxylic acid groups (broad SMARTS) is 1. The van der Waals surface area contributed by atoms with Gasteiger partial charge in [0.2, 0.25) is 0 Å². The molecule has 1 unspecified atom stereocenters. The average Bonchev–Trinajstić information content (AvgIpc) is 3.16. The molecule has 0 spiro atoms. The van der Waals surface area contributed by atoms with Crippen LogP contribution in [-0.2, 0) is 18.3 Å². The summed E-state index contributed by atoms with van der Waals surface area (Å²) in [6.45, 7) is 14.5. The Morgan fingerprint density at radius 2 is 1.35 bits per heavy atom. The second-order valence-corrected chi connectivity index (χ2v) is 22.0. The number of nitrogens with zero attached hydrogens (tertiary/aromatic N) is 1. The number of aromatic nitrogens is 1. The first kappa shape index (κ1) is 41.5. The van der Waals surface area contributed by atoms with Crippen LogP contribution in [0.25, 0.3) is 22.4 Å². The maximum absolute atomic E-state index is 14.9. The second-order valence-electron chi connectivity index (χ2n) is 15.5. The largest absolute Gasteiger partial charge is 0.481 e. The molecule has 4 aromatic carbocycles. The van der Waals surface area contributed by atoms with Gasteiger partial charge in [0.1, 0.15) is 5.82 Å². The molecule has 0 aliphatic rings. The molecule has 1 heterocycles. The predicted octanol–water partition coefficient (Wildman–Crippen LogP) is 10.5. The summed E-state index contributed by atoms with van der Waals surface area (Å²) in [6.07, 6.45) is -1.65. The monoisotopic (exact) mass is 775 g/mol. The number of pyridine rings is 1. The molecule has 0 aliphatic heterocycles. The molecule has 0 saturated heterocycles.